The van der Waals surface area contributed by atoms with Crippen molar-refractivity contribution in [2.75, 3.05) is 17.1 Å². The Bertz CT molecular complexity index is 781. The summed E-state index contributed by atoms with van der Waals surface area (Å²) in [5, 5.41) is 2.90. The van der Waals surface area contributed by atoms with E-state index in [4.69, 9.17) is 4.74 Å². The molecule has 1 N–H and O–H groups in total. The number of ether oxygens (including phenoxy) is 1. The van der Waals surface area contributed by atoms with E-state index in [2.05, 4.69) is 26.1 Å². The van der Waals surface area contributed by atoms with Gasteiger partial charge in [0.15, 0.2) is 6.10 Å². The van der Waals surface area contributed by atoms with Crippen LogP contribution in [0.5, 0.6) is 5.75 Å². The lowest BCUT2D eigenvalue weighted by Crippen LogP contribution is -2.52. The zero-order valence-electron chi connectivity index (χ0n) is 16.7. The predicted octanol–water partition coefficient (Wildman–Crippen LogP) is 2.67. The van der Waals surface area contributed by atoms with Crippen LogP contribution in [-0.2, 0) is 20.2 Å². The fourth-order valence-corrected chi connectivity index (χ4v) is 3.56. The van der Waals surface area contributed by atoms with Gasteiger partial charge in [-0.1, -0.05) is 40.7 Å². The number of nitrogens with one attached hydrogen (secondary N) is 1. The number of anilines is 1. The van der Waals surface area contributed by atoms with Crippen molar-refractivity contribution in [3.05, 3.63) is 23.8 Å². The standard InChI is InChI=1S/C19H30N2O4S/c1-12(2)13(3)20-18(22)17-11-21(26(7,23)24)15-10-14(19(4,5)6)8-9-16(15)25-17/h8-10,12-13,17H,11H2,1-7H3,(H,20,22)/t13-,17+/m1/s1. The van der Waals surface area contributed by atoms with E-state index in [1.54, 1.807) is 6.07 Å². The molecule has 0 saturated heterocycles. The van der Waals surface area contributed by atoms with Crippen LogP contribution in [0.25, 0.3) is 0 Å². The second kappa shape index (κ2) is 7.10. The maximum absolute atomic E-state index is 12.6. The zero-order valence-corrected chi connectivity index (χ0v) is 17.5. The quantitative estimate of drug-likeness (QED) is 0.869. The summed E-state index contributed by atoms with van der Waals surface area (Å²) in [5.41, 5.74) is 1.37. The van der Waals surface area contributed by atoms with Crippen LogP contribution in [0.1, 0.15) is 47.1 Å². The van der Waals surface area contributed by atoms with E-state index < -0.39 is 16.1 Å². The lowest BCUT2D eigenvalue weighted by Gasteiger charge is -2.35. The van der Waals surface area contributed by atoms with Crippen molar-refractivity contribution in [1.82, 2.24) is 5.32 Å². The Balaban J connectivity index is 2.39. The third kappa shape index (κ3) is 4.50. The van der Waals surface area contributed by atoms with E-state index in [-0.39, 0.29) is 29.8 Å². The first-order valence-electron chi connectivity index (χ1n) is 8.90. The second-order valence-corrected chi connectivity index (χ2v) is 10.3. The fraction of sp³-hybridized carbons (Fsp3) is 0.632. The average molecular weight is 383 g/mol. The SMILES string of the molecule is CC(C)[C@@H](C)NC(=O)[C@@H]1CN(S(C)(=O)=O)c2cc(C(C)(C)C)ccc2O1. The first-order chi connectivity index (χ1) is 11.8. The number of rotatable bonds is 4. The van der Waals surface area contributed by atoms with Gasteiger partial charge in [-0.15, -0.1) is 0 Å². The minimum Gasteiger partial charge on any atom is -0.476 e. The molecule has 1 aromatic carbocycles. The lowest BCUT2D eigenvalue weighted by molar-refractivity contribution is -0.128. The highest BCUT2D eigenvalue weighted by Gasteiger charge is 2.36. The van der Waals surface area contributed by atoms with E-state index in [9.17, 15) is 13.2 Å². The van der Waals surface area contributed by atoms with Gasteiger partial charge in [0.05, 0.1) is 18.5 Å². The molecule has 1 aromatic rings. The number of sulfonamides is 1. The Morgan fingerprint density at radius 1 is 1.27 bits per heavy atom. The van der Waals surface area contributed by atoms with Crippen molar-refractivity contribution < 1.29 is 17.9 Å². The molecule has 1 aliphatic heterocycles. The van der Waals surface area contributed by atoms with Crippen LogP contribution >= 0.6 is 0 Å². The molecular formula is C19H30N2O4S. The maximum atomic E-state index is 12.6. The molecule has 0 saturated carbocycles. The summed E-state index contributed by atoms with van der Waals surface area (Å²) in [6.07, 6.45) is 0.274. The summed E-state index contributed by atoms with van der Waals surface area (Å²) in [6.45, 7) is 12.1. The summed E-state index contributed by atoms with van der Waals surface area (Å²) in [4.78, 5) is 12.6. The van der Waals surface area contributed by atoms with E-state index in [0.29, 0.717) is 11.4 Å². The topological polar surface area (TPSA) is 75.7 Å². The molecule has 6 nitrogen and oxygen atoms in total. The molecule has 0 aliphatic carbocycles. The largest absolute Gasteiger partial charge is 0.476 e. The molecule has 1 aliphatic rings. The smallest absolute Gasteiger partial charge is 0.263 e. The van der Waals surface area contributed by atoms with Crippen LogP contribution in [-0.4, -0.2) is 39.3 Å². The summed E-state index contributed by atoms with van der Waals surface area (Å²) >= 11 is 0. The van der Waals surface area contributed by atoms with Crippen molar-refractivity contribution in [3.8, 4) is 5.75 Å². The third-order valence-corrected chi connectivity index (χ3v) is 5.90. The monoisotopic (exact) mass is 382 g/mol. The Hall–Kier alpha value is -1.76. The molecule has 1 amide bonds. The minimum absolute atomic E-state index is 0.0255. The molecule has 0 radical (unpaired) electrons. The molecule has 26 heavy (non-hydrogen) atoms. The molecule has 1 heterocycles. The first-order valence-corrected chi connectivity index (χ1v) is 10.7. The number of fused-ring (bicyclic) bond motifs is 1. The van der Waals surface area contributed by atoms with Gasteiger partial charge >= 0.3 is 0 Å². The van der Waals surface area contributed by atoms with Crippen molar-refractivity contribution in [3.63, 3.8) is 0 Å². The first kappa shape index (κ1) is 20.6. The highest BCUT2D eigenvalue weighted by Crippen LogP contribution is 2.38. The van der Waals surface area contributed by atoms with Gasteiger partial charge in [-0.05, 0) is 36.0 Å². The van der Waals surface area contributed by atoms with Gasteiger partial charge < -0.3 is 10.1 Å². The number of nitrogens with zero attached hydrogens (tertiary/aromatic N) is 1. The van der Waals surface area contributed by atoms with E-state index >= 15 is 0 Å². The number of hydrogen-bond acceptors (Lipinski definition) is 4. The number of carbonyl (C=O) groups excluding carboxylic acids is 1. The number of benzene rings is 1. The second-order valence-electron chi connectivity index (χ2n) is 8.37. The number of amides is 1. The van der Waals surface area contributed by atoms with Gasteiger partial charge in [0.2, 0.25) is 10.0 Å². The summed E-state index contributed by atoms with van der Waals surface area (Å²) < 4.78 is 31.8. The molecule has 0 unspecified atom stereocenters. The maximum Gasteiger partial charge on any atom is 0.263 e. The van der Waals surface area contributed by atoms with Gasteiger partial charge in [0.1, 0.15) is 5.75 Å². The summed E-state index contributed by atoms with van der Waals surface area (Å²) in [6, 6.07) is 5.47. The Kier molecular flexibility index (Phi) is 5.61. The van der Waals surface area contributed by atoms with Crippen LogP contribution < -0.4 is 14.4 Å². The molecule has 0 fully saturated rings. The zero-order chi connectivity index (χ0) is 19.9. The van der Waals surface area contributed by atoms with Crippen molar-refractivity contribution in [1.29, 1.82) is 0 Å². The Labute approximate surface area is 157 Å². The highest BCUT2D eigenvalue weighted by atomic mass is 32.2. The van der Waals surface area contributed by atoms with Crippen LogP contribution in [0, 0.1) is 5.92 Å². The molecular weight excluding hydrogens is 352 g/mol. The summed E-state index contributed by atoms with van der Waals surface area (Å²) in [5.74, 6) is 0.382. The molecule has 0 aromatic heterocycles. The number of hydrogen-bond donors (Lipinski definition) is 1. The van der Waals surface area contributed by atoms with Gasteiger partial charge in [0, 0.05) is 6.04 Å². The van der Waals surface area contributed by atoms with Crippen molar-refractivity contribution in [2.45, 2.75) is 59.1 Å². The van der Waals surface area contributed by atoms with Gasteiger partial charge in [0.25, 0.3) is 5.91 Å². The predicted molar refractivity (Wildman–Crippen MR) is 104 cm³/mol. The van der Waals surface area contributed by atoms with Crippen LogP contribution in [0.3, 0.4) is 0 Å². The average Bonchev–Trinajstić information content (AvgIpc) is 2.51. The van der Waals surface area contributed by atoms with E-state index in [1.807, 2.05) is 32.9 Å². The molecule has 2 atom stereocenters. The third-order valence-electron chi connectivity index (χ3n) is 4.76. The molecule has 2 rings (SSSR count). The Morgan fingerprint density at radius 2 is 1.88 bits per heavy atom. The van der Waals surface area contributed by atoms with Crippen LogP contribution in [0.15, 0.2) is 18.2 Å². The van der Waals surface area contributed by atoms with Gasteiger partial charge in [-0.2, -0.15) is 0 Å². The van der Waals surface area contributed by atoms with Gasteiger partial charge in [-0.3, -0.25) is 9.10 Å². The highest BCUT2D eigenvalue weighted by molar-refractivity contribution is 7.92. The Morgan fingerprint density at radius 3 is 2.38 bits per heavy atom. The molecule has 0 spiro atoms. The van der Waals surface area contributed by atoms with Crippen LogP contribution in [0.2, 0.25) is 0 Å². The number of carbonyl (C=O) groups is 1. The van der Waals surface area contributed by atoms with Crippen LogP contribution in [0.4, 0.5) is 5.69 Å². The lowest BCUT2D eigenvalue weighted by atomic mass is 9.86. The normalized spacial score (nSPS) is 18.9. The molecule has 0 bridgehead atoms. The molecule has 7 heteroatoms. The van der Waals surface area contributed by atoms with Crippen molar-refractivity contribution >= 4 is 21.6 Å². The summed E-state index contributed by atoms with van der Waals surface area (Å²) in [7, 11) is -3.54. The molecule has 146 valence electrons. The van der Waals surface area contributed by atoms with Gasteiger partial charge in [-0.25, -0.2) is 8.42 Å². The van der Waals surface area contributed by atoms with Crippen molar-refractivity contribution in [2.24, 2.45) is 5.92 Å². The minimum atomic E-state index is -3.54. The fourth-order valence-electron chi connectivity index (χ4n) is 2.65. The van der Waals surface area contributed by atoms with E-state index in [0.717, 1.165) is 11.8 Å². The van der Waals surface area contributed by atoms with E-state index in [1.165, 1.54) is 4.31 Å².